The van der Waals surface area contributed by atoms with E-state index in [0.717, 1.165) is 6.08 Å². The molecule has 4 nitrogen and oxygen atoms in total. The monoisotopic (exact) mass is 208 g/mol. The minimum Gasteiger partial charge on any atom is -0.478 e. The highest BCUT2D eigenvalue weighted by Crippen LogP contribution is 2.30. The van der Waals surface area contributed by atoms with E-state index in [0.29, 0.717) is 0 Å². The van der Waals surface area contributed by atoms with Crippen LogP contribution in [0.3, 0.4) is 0 Å². The van der Waals surface area contributed by atoms with Crippen molar-refractivity contribution in [3.8, 4) is 0 Å². The van der Waals surface area contributed by atoms with Crippen LogP contribution in [0.5, 0.6) is 0 Å². The number of carbonyl (C=O) groups excluding carboxylic acids is 2. The molecule has 0 aromatic carbocycles. The molecule has 0 bridgehead atoms. The predicted molar refractivity (Wildman–Crippen MR) is 53.3 cm³/mol. The Morgan fingerprint density at radius 3 is 2.13 bits per heavy atom. The highest BCUT2D eigenvalue weighted by molar-refractivity contribution is 6.31. The number of hydrogen-bond donors (Lipinski definition) is 1. The third-order valence-electron chi connectivity index (χ3n) is 2.10. The van der Waals surface area contributed by atoms with Crippen molar-refractivity contribution in [2.75, 3.05) is 0 Å². The van der Waals surface area contributed by atoms with Crippen molar-refractivity contribution in [3.05, 3.63) is 23.3 Å². The first kappa shape index (κ1) is 11.4. The average Bonchev–Trinajstić information content (AvgIpc) is 2.06. The molecule has 1 aliphatic carbocycles. The fourth-order valence-corrected chi connectivity index (χ4v) is 1.32. The van der Waals surface area contributed by atoms with Gasteiger partial charge in [-0.3, -0.25) is 9.59 Å². The summed E-state index contributed by atoms with van der Waals surface area (Å²) in [5.74, 6) is -2.38. The number of carboxylic acids is 1. The van der Waals surface area contributed by atoms with Crippen LogP contribution < -0.4 is 0 Å². The molecule has 0 spiro atoms. The van der Waals surface area contributed by atoms with Crippen molar-refractivity contribution in [1.82, 2.24) is 0 Å². The number of rotatable bonds is 1. The summed E-state index contributed by atoms with van der Waals surface area (Å²) >= 11 is 0. The quantitative estimate of drug-likeness (QED) is 0.517. The van der Waals surface area contributed by atoms with Gasteiger partial charge >= 0.3 is 5.97 Å². The number of aliphatic carboxylic acids is 1. The zero-order valence-electron chi connectivity index (χ0n) is 8.83. The number of allylic oxidation sites excluding steroid dienone is 3. The van der Waals surface area contributed by atoms with E-state index in [-0.39, 0.29) is 5.57 Å². The number of carbonyl (C=O) groups is 3. The van der Waals surface area contributed by atoms with Gasteiger partial charge in [0.1, 0.15) is 5.57 Å². The molecule has 0 radical (unpaired) electrons. The fourth-order valence-electron chi connectivity index (χ4n) is 1.32. The van der Waals surface area contributed by atoms with Gasteiger partial charge in [-0.25, -0.2) is 4.79 Å². The summed E-state index contributed by atoms with van der Waals surface area (Å²) in [6, 6.07) is 0. The molecule has 0 unspecified atom stereocenters. The molecule has 0 aromatic rings. The van der Waals surface area contributed by atoms with Crippen LogP contribution >= 0.6 is 0 Å². The van der Waals surface area contributed by atoms with Crippen LogP contribution in [0.1, 0.15) is 20.8 Å². The summed E-state index contributed by atoms with van der Waals surface area (Å²) in [5.41, 5.74) is -0.735. The van der Waals surface area contributed by atoms with E-state index in [9.17, 15) is 14.4 Å². The molecule has 0 saturated carbocycles. The third kappa shape index (κ3) is 2.21. The Morgan fingerprint density at radius 1 is 1.20 bits per heavy atom. The molecule has 1 aliphatic rings. The first-order chi connectivity index (χ1) is 6.73. The van der Waals surface area contributed by atoms with Crippen molar-refractivity contribution in [3.63, 3.8) is 0 Å². The number of hydrogen-bond acceptors (Lipinski definition) is 3. The fraction of sp³-hybridized carbons (Fsp3) is 0.364. The SMILES string of the molecule is CC(C)(C)C1=CC(=O)C=C(C(=O)O)C1=O. The molecule has 80 valence electrons. The molecule has 1 rings (SSSR count). The summed E-state index contributed by atoms with van der Waals surface area (Å²) in [5, 5.41) is 8.74. The molecule has 0 saturated heterocycles. The van der Waals surface area contributed by atoms with Crippen LogP contribution in [0, 0.1) is 5.41 Å². The molecule has 0 atom stereocenters. The molecule has 15 heavy (non-hydrogen) atoms. The third-order valence-corrected chi connectivity index (χ3v) is 2.10. The molecular weight excluding hydrogens is 196 g/mol. The minimum atomic E-state index is -1.36. The summed E-state index contributed by atoms with van der Waals surface area (Å²) in [6.07, 6.45) is 2.06. The van der Waals surface area contributed by atoms with E-state index >= 15 is 0 Å². The highest BCUT2D eigenvalue weighted by atomic mass is 16.4. The second-order valence-corrected chi connectivity index (χ2v) is 4.40. The summed E-state index contributed by atoms with van der Waals surface area (Å²) in [6.45, 7) is 5.28. The first-order valence-corrected chi connectivity index (χ1v) is 4.49. The van der Waals surface area contributed by atoms with Crippen molar-refractivity contribution >= 4 is 17.5 Å². The largest absolute Gasteiger partial charge is 0.478 e. The van der Waals surface area contributed by atoms with E-state index in [1.165, 1.54) is 6.08 Å². The van der Waals surface area contributed by atoms with Crippen molar-refractivity contribution < 1.29 is 19.5 Å². The molecule has 0 amide bonds. The zero-order chi connectivity index (χ0) is 11.8. The molecule has 1 N–H and O–H groups in total. The van der Waals surface area contributed by atoms with Crippen LogP contribution in [0.15, 0.2) is 23.3 Å². The lowest BCUT2D eigenvalue weighted by Gasteiger charge is -2.23. The lowest BCUT2D eigenvalue weighted by atomic mass is 9.79. The van der Waals surface area contributed by atoms with Gasteiger partial charge in [-0.05, 0) is 11.5 Å². The van der Waals surface area contributed by atoms with Gasteiger partial charge in [0.05, 0.1) is 0 Å². The number of carboxylic acid groups (broad SMARTS) is 1. The Balaban J connectivity index is 3.22. The van der Waals surface area contributed by atoms with E-state index in [4.69, 9.17) is 5.11 Å². The normalized spacial score (nSPS) is 17.3. The van der Waals surface area contributed by atoms with Gasteiger partial charge in [0, 0.05) is 11.6 Å². The smallest absolute Gasteiger partial charge is 0.339 e. The van der Waals surface area contributed by atoms with Gasteiger partial charge in [-0.15, -0.1) is 0 Å². The maximum Gasteiger partial charge on any atom is 0.339 e. The Morgan fingerprint density at radius 2 is 1.73 bits per heavy atom. The van der Waals surface area contributed by atoms with E-state index in [2.05, 4.69) is 0 Å². The van der Waals surface area contributed by atoms with Crippen LogP contribution in [0.2, 0.25) is 0 Å². The van der Waals surface area contributed by atoms with Crippen LogP contribution in [0.4, 0.5) is 0 Å². The minimum absolute atomic E-state index is 0.243. The molecule has 0 heterocycles. The second kappa shape index (κ2) is 3.46. The number of Topliss-reactive ketones (excluding diaryl/α,β-unsaturated/α-hetero) is 1. The summed E-state index contributed by atoms with van der Waals surface area (Å²) in [4.78, 5) is 33.6. The standard InChI is InChI=1S/C11H12O4/c1-11(2,3)8-5-6(12)4-7(9(8)13)10(14)15/h4-5H,1-3H3,(H,14,15). The van der Waals surface area contributed by atoms with Gasteiger partial charge in [0.2, 0.25) is 0 Å². The number of ketones is 2. The van der Waals surface area contributed by atoms with Gasteiger partial charge in [0.25, 0.3) is 0 Å². The Kier molecular flexibility index (Phi) is 2.62. The second-order valence-electron chi connectivity index (χ2n) is 4.40. The average molecular weight is 208 g/mol. The molecule has 0 aromatic heterocycles. The van der Waals surface area contributed by atoms with Crippen molar-refractivity contribution in [2.24, 2.45) is 5.41 Å². The summed E-state index contributed by atoms with van der Waals surface area (Å²) in [7, 11) is 0. The lowest BCUT2D eigenvalue weighted by molar-refractivity contribution is -0.134. The zero-order valence-corrected chi connectivity index (χ0v) is 8.83. The lowest BCUT2D eigenvalue weighted by Crippen LogP contribution is -2.27. The summed E-state index contributed by atoms with van der Waals surface area (Å²) < 4.78 is 0. The van der Waals surface area contributed by atoms with Crippen LogP contribution in [-0.4, -0.2) is 22.6 Å². The maximum atomic E-state index is 11.7. The Labute approximate surface area is 87.3 Å². The van der Waals surface area contributed by atoms with Gasteiger partial charge in [-0.2, -0.15) is 0 Å². The predicted octanol–water partition coefficient (Wildman–Crippen LogP) is 1.12. The van der Waals surface area contributed by atoms with Gasteiger partial charge in [-0.1, -0.05) is 20.8 Å². The topological polar surface area (TPSA) is 71.4 Å². The van der Waals surface area contributed by atoms with Crippen LogP contribution in [0.25, 0.3) is 0 Å². The van der Waals surface area contributed by atoms with E-state index < -0.39 is 28.5 Å². The molecular formula is C11H12O4. The van der Waals surface area contributed by atoms with Gasteiger partial charge in [0.15, 0.2) is 11.6 Å². The highest BCUT2D eigenvalue weighted by Gasteiger charge is 2.32. The first-order valence-electron chi connectivity index (χ1n) is 4.49. The van der Waals surface area contributed by atoms with E-state index in [1.54, 1.807) is 20.8 Å². The van der Waals surface area contributed by atoms with Crippen molar-refractivity contribution in [1.29, 1.82) is 0 Å². The maximum absolute atomic E-state index is 11.7. The van der Waals surface area contributed by atoms with Gasteiger partial charge < -0.3 is 5.11 Å². The Bertz CT molecular complexity index is 405. The Hall–Kier alpha value is -1.71. The molecule has 0 fully saturated rings. The molecule has 0 aliphatic heterocycles. The van der Waals surface area contributed by atoms with Crippen molar-refractivity contribution in [2.45, 2.75) is 20.8 Å². The molecule has 4 heteroatoms. The van der Waals surface area contributed by atoms with Crippen LogP contribution in [-0.2, 0) is 14.4 Å². The van der Waals surface area contributed by atoms with E-state index in [1.807, 2.05) is 0 Å².